The molecule has 0 saturated heterocycles. The third-order valence-electron chi connectivity index (χ3n) is 7.05. The summed E-state index contributed by atoms with van der Waals surface area (Å²) in [7, 11) is 3.96. The van der Waals surface area contributed by atoms with E-state index in [1.54, 1.807) is 12.1 Å². The number of para-hydroxylation sites is 1. The first-order valence-corrected chi connectivity index (χ1v) is 13.1. The van der Waals surface area contributed by atoms with E-state index in [2.05, 4.69) is 4.90 Å². The number of benzene rings is 2. The summed E-state index contributed by atoms with van der Waals surface area (Å²) in [6.07, 6.45) is 5.63. The van der Waals surface area contributed by atoms with Crippen LogP contribution in [0.1, 0.15) is 57.3 Å². The van der Waals surface area contributed by atoms with Crippen LogP contribution in [-0.2, 0) is 4.79 Å². The highest BCUT2D eigenvalue weighted by Crippen LogP contribution is 2.32. The van der Waals surface area contributed by atoms with Crippen LogP contribution >= 0.6 is 11.6 Å². The summed E-state index contributed by atoms with van der Waals surface area (Å²) in [5, 5.41) is 0.379. The lowest BCUT2D eigenvalue weighted by molar-refractivity contribution is -0.139. The molecule has 1 fully saturated rings. The number of halogens is 2. The molecule has 1 heterocycles. The molecule has 1 aliphatic rings. The molecule has 0 spiro atoms. The van der Waals surface area contributed by atoms with E-state index in [9.17, 15) is 14.0 Å². The number of carbonyl (C=O) groups excluding carboxylic acids is 1. The summed E-state index contributed by atoms with van der Waals surface area (Å²) >= 11 is 6.12. The predicted molar refractivity (Wildman–Crippen MR) is 142 cm³/mol. The van der Waals surface area contributed by atoms with Gasteiger partial charge in [-0.25, -0.2) is 9.37 Å². The van der Waals surface area contributed by atoms with Crippen LogP contribution in [0.3, 0.4) is 0 Å². The Morgan fingerprint density at radius 1 is 1.14 bits per heavy atom. The van der Waals surface area contributed by atoms with E-state index < -0.39 is 11.9 Å². The summed E-state index contributed by atoms with van der Waals surface area (Å²) < 4.78 is 15.5. The van der Waals surface area contributed by atoms with Crippen molar-refractivity contribution in [2.45, 2.75) is 51.5 Å². The minimum atomic E-state index is -0.559. The molecule has 0 radical (unpaired) electrons. The van der Waals surface area contributed by atoms with Crippen molar-refractivity contribution in [1.29, 1.82) is 0 Å². The van der Waals surface area contributed by atoms with Crippen LogP contribution in [0.4, 0.5) is 4.39 Å². The summed E-state index contributed by atoms with van der Waals surface area (Å²) in [6.45, 7) is 3.22. The molecule has 1 aliphatic carbocycles. The van der Waals surface area contributed by atoms with Crippen molar-refractivity contribution in [2.75, 3.05) is 27.2 Å². The maximum atomic E-state index is 14.0. The minimum Gasteiger partial charge on any atom is -0.331 e. The van der Waals surface area contributed by atoms with E-state index in [-0.39, 0.29) is 22.4 Å². The molecular formula is C28H34ClFN4O2. The summed E-state index contributed by atoms with van der Waals surface area (Å²) in [5.74, 6) is 0.00744. The molecule has 36 heavy (non-hydrogen) atoms. The molecule has 2 aromatic carbocycles. The zero-order valence-electron chi connectivity index (χ0n) is 21.2. The van der Waals surface area contributed by atoms with Gasteiger partial charge in [0.25, 0.3) is 5.56 Å². The highest BCUT2D eigenvalue weighted by atomic mass is 35.5. The number of nitrogens with zero attached hydrogens (tertiary/aromatic N) is 4. The Kier molecular flexibility index (Phi) is 8.42. The van der Waals surface area contributed by atoms with Gasteiger partial charge in [-0.1, -0.05) is 49.9 Å². The van der Waals surface area contributed by atoms with Crippen molar-refractivity contribution in [3.8, 4) is 5.69 Å². The van der Waals surface area contributed by atoms with Crippen LogP contribution in [0.25, 0.3) is 16.6 Å². The molecule has 0 bridgehead atoms. The van der Waals surface area contributed by atoms with Gasteiger partial charge in [-0.05, 0) is 63.7 Å². The van der Waals surface area contributed by atoms with Crippen LogP contribution in [0.15, 0.2) is 47.3 Å². The first-order valence-electron chi connectivity index (χ1n) is 12.7. The second-order valence-corrected chi connectivity index (χ2v) is 10.2. The van der Waals surface area contributed by atoms with Crippen LogP contribution < -0.4 is 5.56 Å². The van der Waals surface area contributed by atoms with Gasteiger partial charge in [0, 0.05) is 19.0 Å². The number of aromatic nitrogens is 2. The summed E-state index contributed by atoms with van der Waals surface area (Å²) in [6, 6.07) is 11.0. The number of amides is 1. The molecule has 192 valence electrons. The number of rotatable bonds is 8. The van der Waals surface area contributed by atoms with E-state index in [1.165, 1.54) is 22.8 Å². The molecule has 1 saturated carbocycles. The normalized spacial score (nSPS) is 15.4. The molecule has 8 heteroatoms. The molecule has 0 N–H and O–H groups in total. The summed E-state index contributed by atoms with van der Waals surface area (Å²) in [4.78, 5) is 36.6. The maximum absolute atomic E-state index is 14.0. The fourth-order valence-corrected chi connectivity index (χ4v) is 5.28. The third-order valence-corrected chi connectivity index (χ3v) is 7.34. The SMILES string of the molecule is CCC(c1nc2ccccc2c(=O)n1-c1ccc(F)c(Cl)c1)N(CCN(C)C)C(=O)C1CCCCC1. The Labute approximate surface area is 216 Å². The molecule has 1 amide bonds. The molecule has 4 rings (SSSR count). The van der Waals surface area contributed by atoms with Crippen LogP contribution in [-0.4, -0.2) is 52.4 Å². The highest BCUT2D eigenvalue weighted by Gasteiger charge is 2.33. The lowest BCUT2D eigenvalue weighted by atomic mass is 9.87. The van der Waals surface area contributed by atoms with E-state index in [0.717, 1.165) is 32.1 Å². The van der Waals surface area contributed by atoms with Gasteiger partial charge in [-0.3, -0.25) is 14.2 Å². The van der Waals surface area contributed by atoms with E-state index in [4.69, 9.17) is 16.6 Å². The van der Waals surface area contributed by atoms with Crippen molar-refractivity contribution >= 4 is 28.4 Å². The molecule has 6 nitrogen and oxygen atoms in total. The predicted octanol–water partition coefficient (Wildman–Crippen LogP) is 5.60. The van der Waals surface area contributed by atoms with Crippen molar-refractivity contribution < 1.29 is 9.18 Å². The van der Waals surface area contributed by atoms with Crippen molar-refractivity contribution in [3.05, 3.63) is 69.5 Å². The second kappa shape index (κ2) is 11.5. The second-order valence-electron chi connectivity index (χ2n) is 9.82. The Morgan fingerprint density at radius 2 is 1.86 bits per heavy atom. The lowest BCUT2D eigenvalue weighted by Crippen LogP contribution is -2.44. The van der Waals surface area contributed by atoms with Crippen molar-refractivity contribution in [1.82, 2.24) is 19.4 Å². The van der Waals surface area contributed by atoms with Crippen molar-refractivity contribution in [3.63, 3.8) is 0 Å². The Hall–Kier alpha value is -2.77. The zero-order chi connectivity index (χ0) is 25.8. The molecule has 1 atom stereocenters. The standard InChI is InChI=1S/C28H34ClFN4O2/c1-4-25(33(17-16-32(2)3)27(35)19-10-6-5-7-11-19)26-31-24-13-9-8-12-21(24)28(36)34(26)20-14-15-23(30)22(29)18-20/h8-9,12-15,18-19,25H,4-7,10-11,16-17H2,1-3H3. The van der Waals surface area contributed by atoms with Gasteiger partial charge in [0.05, 0.1) is 27.7 Å². The third kappa shape index (κ3) is 5.47. The molecule has 1 unspecified atom stereocenters. The fraction of sp³-hybridized carbons (Fsp3) is 0.464. The van der Waals surface area contributed by atoms with Gasteiger partial charge >= 0.3 is 0 Å². The van der Waals surface area contributed by atoms with E-state index in [1.807, 2.05) is 38.1 Å². The topological polar surface area (TPSA) is 58.4 Å². The monoisotopic (exact) mass is 512 g/mol. The Balaban J connectivity index is 1.90. The molecule has 3 aromatic rings. The van der Waals surface area contributed by atoms with Crippen LogP contribution in [0, 0.1) is 11.7 Å². The van der Waals surface area contributed by atoms with Gasteiger partial charge in [-0.15, -0.1) is 0 Å². The van der Waals surface area contributed by atoms with E-state index >= 15 is 0 Å². The van der Waals surface area contributed by atoms with Gasteiger partial charge in [0.1, 0.15) is 11.6 Å². The quantitative estimate of drug-likeness (QED) is 0.394. The average molecular weight is 513 g/mol. The van der Waals surface area contributed by atoms with Crippen molar-refractivity contribution in [2.24, 2.45) is 5.92 Å². The average Bonchev–Trinajstić information content (AvgIpc) is 2.88. The van der Waals surface area contributed by atoms with Crippen LogP contribution in [0.2, 0.25) is 5.02 Å². The van der Waals surface area contributed by atoms with Gasteiger partial charge in [0.15, 0.2) is 0 Å². The van der Waals surface area contributed by atoms with E-state index in [0.29, 0.717) is 41.9 Å². The first kappa shape index (κ1) is 26.3. The van der Waals surface area contributed by atoms with Gasteiger partial charge in [-0.2, -0.15) is 0 Å². The largest absolute Gasteiger partial charge is 0.331 e. The number of likely N-dealkylation sites (N-methyl/N-ethyl adjacent to an activating group) is 1. The molecular weight excluding hydrogens is 479 g/mol. The maximum Gasteiger partial charge on any atom is 0.266 e. The highest BCUT2D eigenvalue weighted by molar-refractivity contribution is 6.30. The smallest absolute Gasteiger partial charge is 0.266 e. The van der Waals surface area contributed by atoms with Gasteiger partial charge < -0.3 is 9.80 Å². The Morgan fingerprint density at radius 3 is 2.53 bits per heavy atom. The fourth-order valence-electron chi connectivity index (χ4n) is 5.10. The van der Waals surface area contributed by atoms with Gasteiger partial charge in [0.2, 0.25) is 5.91 Å². The lowest BCUT2D eigenvalue weighted by Gasteiger charge is -2.36. The first-order chi connectivity index (χ1) is 17.3. The van der Waals surface area contributed by atoms with Crippen LogP contribution in [0.5, 0.6) is 0 Å². The number of fused-ring (bicyclic) bond motifs is 1. The minimum absolute atomic E-state index is 0.0177. The zero-order valence-corrected chi connectivity index (χ0v) is 22.0. The molecule has 1 aromatic heterocycles. The number of hydrogen-bond acceptors (Lipinski definition) is 4. The number of carbonyl (C=O) groups is 1. The Bertz CT molecular complexity index is 1290. The molecule has 0 aliphatic heterocycles. The number of hydrogen-bond donors (Lipinski definition) is 0. The summed E-state index contributed by atoms with van der Waals surface area (Å²) in [5.41, 5.74) is 0.725.